The molecule has 28 heavy (non-hydrogen) atoms. The zero-order valence-electron chi connectivity index (χ0n) is 16.1. The molecule has 0 saturated carbocycles. The lowest BCUT2D eigenvalue weighted by Crippen LogP contribution is -2.49. The van der Waals surface area contributed by atoms with Gasteiger partial charge >= 0.3 is 0 Å². The number of carbonyl (C=O) groups excluding carboxylic acids is 1. The van der Waals surface area contributed by atoms with Crippen molar-refractivity contribution in [3.05, 3.63) is 42.2 Å². The summed E-state index contributed by atoms with van der Waals surface area (Å²) >= 11 is 0. The van der Waals surface area contributed by atoms with Crippen LogP contribution in [0.2, 0.25) is 0 Å². The van der Waals surface area contributed by atoms with Crippen LogP contribution in [0.3, 0.4) is 0 Å². The zero-order chi connectivity index (χ0) is 19.3. The van der Waals surface area contributed by atoms with Crippen LogP contribution in [0.4, 0.5) is 11.6 Å². The van der Waals surface area contributed by atoms with Crippen molar-refractivity contribution in [3.8, 4) is 5.75 Å². The summed E-state index contributed by atoms with van der Waals surface area (Å²) in [6, 6.07) is 9.39. The van der Waals surface area contributed by atoms with Crippen LogP contribution in [-0.4, -0.2) is 80.4 Å². The van der Waals surface area contributed by atoms with Gasteiger partial charge in [0.15, 0.2) is 0 Å². The molecule has 2 aromatic rings. The number of morpholine rings is 1. The van der Waals surface area contributed by atoms with Gasteiger partial charge in [0.2, 0.25) is 0 Å². The van der Waals surface area contributed by atoms with E-state index in [-0.39, 0.29) is 5.91 Å². The standard InChI is InChI=1S/C20H25N5O3/c1-27-17-5-3-2-4-16(17)20(26)25-8-6-23(7-9-25)18-14-19(22-15-21-18)24-10-12-28-13-11-24/h2-5,14-15H,6-13H2,1H3. The number of nitrogens with zero attached hydrogens (tertiary/aromatic N) is 5. The molecule has 2 aliphatic heterocycles. The Bertz CT molecular complexity index is 817. The van der Waals surface area contributed by atoms with Crippen molar-refractivity contribution in [1.82, 2.24) is 14.9 Å². The molecule has 0 radical (unpaired) electrons. The van der Waals surface area contributed by atoms with Crippen molar-refractivity contribution >= 4 is 17.5 Å². The molecule has 2 aliphatic rings. The highest BCUT2D eigenvalue weighted by molar-refractivity contribution is 5.97. The third kappa shape index (κ3) is 3.87. The molecular weight excluding hydrogens is 358 g/mol. The fraction of sp³-hybridized carbons (Fsp3) is 0.450. The third-order valence-electron chi connectivity index (χ3n) is 5.20. The van der Waals surface area contributed by atoms with Crippen LogP contribution in [0.25, 0.3) is 0 Å². The predicted octanol–water partition coefficient (Wildman–Crippen LogP) is 1.28. The molecule has 8 heteroatoms. The first kappa shape index (κ1) is 18.5. The molecule has 1 aromatic heterocycles. The number of ether oxygens (including phenoxy) is 2. The average molecular weight is 383 g/mol. The largest absolute Gasteiger partial charge is 0.496 e. The second-order valence-electron chi connectivity index (χ2n) is 6.81. The number of benzene rings is 1. The van der Waals surface area contributed by atoms with Gasteiger partial charge in [0.1, 0.15) is 23.7 Å². The topological polar surface area (TPSA) is 71.0 Å². The van der Waals surface area contributed by atoms with Crippen molar-refractivity contribution < 1.29 is 14.3 Å². The molecular formula is C20H25N5O3. The first-order valence-corrected chi connectivity index (χ1v) is 9.58. The fourth-order valence-corrected chi connectivity index (χ4v) is 3.61. The third-order valence-corrected chi connectivity index (χ3v) is 5.20. The lowest BCUT2D eigenvalue weighted by molar-refractivity contribution is 0.0743. The summed E-state index contributed by atoms with van der Waals surface area (Å²) in [5.41, 5.74) is 0.607. The van der Waals surface area contributed by atoms with Crippen LogP contribution < -0.4 is 14.5 Å². The van der Waals surface area contributed by atoms with Gasteiger partial charge in [0.25, 0.3) is 5.91 Å². The highest BCUT2D eigenvalue weighted by Crippen LogP contribution is 2.22. The number of anilines is 2. The molecule has 8 nitrogen and oxygen atoms in total. The number of carbonyl (C=O) groups is 1. The molecule has 3 heterocycles. The van der Waals surface area contributed by atoms with Gasteiger partial charge in [-0.05, 0) is 12.1 Å². The number of hydrogen-bond donors (Lipinski definition) is 0. The molecule has 0 unspecified atom stereocenters. The van der Waals surface area contributed by atoms with E-state index >= 15 is 0 Å². The number of aromatic nitrogens is 2. The van der Waals surface area contributed by atoms with Crippen molar-refractivity contribution in [1.29, 1.82) is 0 Å². The van der Waals surface area contributed by atoms with Crippen molar-refractivity contribution in [2.45, 2.75) is 0 Å². The molecule has 2 saturated heterocycles. The van der Waals surface area contributed by atoms with E-state index in [0.29, 0.717) is 24.4 Å². The second-order valence-corrected chi connectivity index (χ2v) is 6.81. The van der Waals surface area contributed by atoms with Crippen molar-refractivity contribution in [3.63, 3.8) is 0 Å². The van der Waals surface area contributed by atoms with Gasteiger partial charge in [0, 0.05) is 45.3 Å². The minimum absolute atomic E-state index is 0.00814. The van der Waals surface area contributed by atoms with Gasteiger partial charge in [0.05, 0.1) is 25.9 Å². The summed E-state index contributed by atoms with van der Waals surface area (Å²) in [5.74, 6) is 2.45. The normalized spacial score (nSPS) is 17.5. The van der Waals surface area contributed by atoms with Gasteiger partial charge in [-0.3, -0.25) is 4.79 Å². The maximum Gasteiger partial charge on any atom is 0.257 e. The van der Waals surface area contributed by atoms with E-state index in [1.807, 2.05) is 35.2 Å². The van der Waals surface area contributed by atoms with E-state index in [1.165, 1.54) is 0 Å². The van der Waals surface area contributed by atoms with Crippen LogP contribution in [0.15, 0.2) is 36.7 Å². The van der Waals surface area contributed by atoms with Gasteiger partial charge < -0.3 is 24.2 Å². The average Bonchev–Trinajstić information content (AvgIpc) is 2.79. The Morgan fingerprint density at radius 2 is 1.61 bits per heavy atom. The van der Waals surface area contributed by atoms with Crippen LogP contribution >= 0.6 is 0 Å². The quantitative estimate of drug-likeness (QED) is 0.788. The molecule has 2 fully saturated rings. The van der Waals surface area contributed by atoms with E-state index in [4.69, 9.17) is 9.47 Å². The van der Waals surface area contributed by atoms with E-state index < -0.39 is 0 Å². The summed E-state index contributed by atoms with van der Waals surface area (Å²) in [6.07, 6.45) is 1.62. The number of hydrogen-bond acceptors (Lipinski definition) is 7. The molecule has 148 valence electrons. The fourth-order valence-electron chi connectivity index (χ4n) is 3.61. The summed E-state index contributed by atoms with van der Waals surface area (Å²) < 4.78 is 10.7. The van der Waals surface area contributed by atoms with Gasteiger partial charge in [-0.2, -0.15) is 0 Å². The lowest BCUT2D eigenvalue weighted by Gasteiger charge is -2.36. The summed E-state index contributed by atoms with van der Waals surface area (Å²) in [7, 11) is 1.59. The van der Waals surface area contributed by atoms with Gasteiger partial charge in [-0.25, -0.2) is 9.97 Å². The van der Waals surface area contributed by atoms with E-state index in [0.717, 1.165) is 51.0 Å². The number of methoxy groups -OCH3 is 1. The molecule has 1 aromatic carbocycles. The summed E-state index contributed by atoms with van der Waals surface area (Å²) in [5, 5.41) is 0. The zero-order valence-corrected chi connectivity index (χ0v) is 16.1. The molecule has 4 rings (SSSR count). The summed E-state index contributed by atoms with van der Waals surface area (Å²) in [4.78, 5) is 28.0. The Labute approximate surface area is 164 Å². The SMILES string of the molecule is COc1ccccc1C(=O)N1CCN(c2cc(N3CCOCC3)ncn2)CC1. The summed E-state index contributed by atoms with van der Waals surface area (Å²) in [6.45, 7) is 5.91. The first-order valence-electron chi connectivity index (χ1n) is 9.58. The number of piperazine rings is 1. The van der Waals surface area contributed by atoms with Gasteiger partial charge in [-0.1, -0.05) is 12.1 Å². The molecule has 0 atom stereocenters. The van der Waals surface area contributed by atoms with Gasteiger partial charge in [-0.15, -0.1) is 0 Å². The van der Waals surface area contributed by atoms with Crippen LogP contribution in [0, 0.1) is 0 Å². The molecule has 0 N–H and O–H groups in total. The molecule has 1 amide bonds. The van der Waals surface area contributed by atoms with Crippen molar-refractivity contribution in [2.75, 3.05) is 69.4 Å². The second kappa shape index (κ2) is 8.43. The lowest BCUT2D eigenvalue weighted by atomic mass is 10.1. The highest BCUT2D eigenvalue weighted by atomic mass is 16.5. The van der Waals surface area contributed by atoms with E-state index in [2.05, 4.69) is 19.8 Å². The van der Waals surface area contributed by atoms with Crippen LogP contribution in [0.5, 0.6) is 5.75 Å². The maximum atomic E-state index is 12.9. The number of rotatable bonds is 4. The first-order chi connectivity index (χ1) is 13.8. The predicted molar refractivity (Wildman–Crippen MR) is 106 cm³/mol. The minimum Gasteiger partial charge on any atom is -0.496 e. The highest BCUT2D eigenvalue weighted by Gasteiger charge is 2.25. The Balaban J connectivity index is 1.41. The van der Waals surface area contributed by atoms with Crippen LogP contribution in [-0.2, 0) is 4.74 Å². The molecule has 0 bridgehead atoms. The maximum absolute atomic E-state index is 12.9. The van der Waals surface area contributed by atoms with E-state index in [1.54, 1.807) is 13.4 Å². The Morgan fingerprint density at radius 1 is 0.964 bits per heavy atom. The van der Waals surface area contributed by atoms with Crippen molar-refractivity contribution in [2.24, 2.45) is 0 Å². The Morgan fingerprint density at radius 3 is 2.29 bits per heavy atom. The minimum atomic E-state index is 0.00814. The molecule has 0 aliphatic carbocycles. The number of amides is 1. The van der Waals surface area contributed by atoms with E-state index in [9.17, 15) is 4.79 Å². The molecule has 0 spiro atoms. The Kier molecular flexibility index (Phi) is 5.57. The monoisotopic (exact) mass is 383 g/mol. The van der Waals surface area contributed by atoms with Crippen LogP contribution in [0.1, 0.15) is 10.4 Å². The Hall–Kier alpha value is -2.87. The number of para-hydroxylation sites is 1. The smallest absolute Gasteiger partial charge is 0.257 e.